The first-order valence-electron chi connectivity index (χ1n) is 10.6. The van der Waals surface area contributed by atoms with Crippen molar-refractivity contribution in [2.24, 2.45) is 0 Å². The van der Waals surface area contributed by atoms with Crippen LogP contribution in [0.4, 0.5) is 0 Å². The normalized spacial score (nSPS) is 24.4. The first-order chi connectivity index (χ1) is 14.6. The van der Waals surface area contributed by atoms with E-state index >= 15 is 0 Å². The molecule has 8 heteroatoms. The summed E-state index contributed by atoms with van der Waals surface area (Å²) in [7, 11) is 2.08. The number of fused-ring (bicyclic) bond motifs is 2. The van der Waals surface area contributed by atoms with Crippen molar-refractivity contribution >= 4 is 11.8 Å². The number of amides is 2. The van der Waals surface area contributed by atoms with Crippen LogP contribution in [0.1, 0.15) is 29.0 Å². The number of aromatic nitrogens is 1. The number of nitrogens with zero attached hydrogens (tertiary/aromatic N) is 5. The highest BCUT2D eigenvalue weighted by Crippen LogP contribution is 2.42. The smallest absolute Gasteiger partial charge is 0.291 e. The van der Waals surface area contributed by atoms with Gasteiger partial charge in [0, 0.05) is 52.1 Å². The average Bonchev–Trinajstić information content (AvgIpc) is 3.38. The van der Waals surface area contributed by atoms with Crippen molar-refractivity contribution in [2.75, 3.05) is 39.8 Å². The number of oxazole rings is 1. The standard InChI is InChI=1S/C22H27N5O3/c1-24-11-12-26-18(15-24)20(28)27(14-17-5-3-2-4-6-17)22(26)7-9-25(10-8-22)21(29)19-13-23-16-30-19/h2-6,13,16,18H,7-12,14-15H2,1H3/t18-/m1/s1. The number of likely N-dealkylation sites (N-methyl/N-ethyl adjacent to an activating group) is 1. The van der Waals surface area contributed by atoms with E-state index in [0.717, 1.165) is 38.0 Å². The second-order valence-corrected chi connectivity index (χ2v) is 8.52. The molecule has 2 aromatic rings. The fourth-order valence-corrected chi connectivity index (χ4v) is 5.26. The molecule has 2 amide bonds. The largest absolute Gasteiger partial charge is 0.438 e. The lowest BCUT2D eigenvalue weighted by molar-refractivity contribution is -0.134. The van der Waals surface area contributed by atoms with Gasteiger partial charge in [-0.05, 0) is 12.6 Å². The van der Waals surface area contributed by atoms with Gasteiger partial charge < -0.3 is 19.1 Å². The number of hydrogen-bond donors (Lipinski definition) is 0. The summed E-state index contributed by atoms with van der Waals surface area (Å²) in [5.74, 6) is 0.351. The Labute approximate surface area is 176 Å². The molecule has 30 heavy (non-hydrogen) atoms. The first kappa shape index (κ1) is 19.3. The molecule has 1 atom stereocenters. The Morgan fingerprint density at radius 2 is 1.93 bits per heavy atom. The highest BCUT2D eigenvalue weighted by atomic mass is 16.3. The van der Waals surface area contributed by atoms with Gasteiger partial charge in [-0.25, -0.2) is 4.98 Å². The lowest BCUT2D eigenvalue weighted by Gasteiger charge is -2.50. The number of likely N-dealkylation sites (tertiary alicyclic amines) is 1. The Bertz CT molecular complexity index is 908. The van der Waals surface area contributed by atoms with Gasteiger partial charge in [-0.15, -0.1) is 0 Å². The van der Waals surface area contributed by atoms with E-state index in [4.69, 9.17) is 4.42 Å². The molecule has 158 valence electrons. The fraction of sp³-hybridized carbons (Fsp3) is 0.500. The van der Waals surface area contributed by atoms with Crippen LogP contribution in [0.25, 0.3) is 0 Å². The average molecular weight is 409 g/mol. The third-order valence-corrected chi connectivity index (χ3v) is 6.85. The van der Waals surface area contributed by atoms with Crippen LogP contribution in [0.5, 0.6) is 0 Å². The van der Waals surface area contributed by atoms with Crippen molar-refractivity contribution in [3.05, 3.63) is 54.2 Å². The second-order valence-electron chi connectivity index (χ2n) is 8.52. The minimum Gasteiger partial charge on any atom is -0.438 e. The summed E-state index contributed by atoms with van der Waals surface area (Å²) in [5, 5.41) is 0. The summed E-state index contributed by atoms with van der Waals surface area (Å²) < 4.78 is 5.20. The molecule has 0 saturated carbocycles. The third kappa shape index (κ3) is 3.11. The molecule has 3 fully saturated rings. The van der Waals surface area contributed by atoms with Crippen LogP contribution in [0.15, 0.2) is 47.3 Å². The summed E-state index contributed by atoms with van der Waals surface area (Å²) in [6, 6.07) is 10.1. The van der Waals surface area contributed by atoms with E-state index in [9.17, 15) is 9.59 Å². The molecule has 0 unspecified atom stereocenters. The highest BCUT2D eigenvalue weighted by Gasteiger charge is 2.58. The van der Waals surface area contributed by atoms with Crippen LogP contribution in [0, 0.1) is 0 Å². The van der Waals surface area contributed by atoms with E-state index < -0.39 is 0 Å². The van der Waals surface area contributed by atoms with Crippen LogP contribution in [0.3, 0.4) is 0 Å². The molecule has 1 aromatic heterocycles. The Hall–Kier alpha value is -2.71. The molecule has 3 aliphatic rings. The highest BCUT2D eigenvalue weighted by molar-refractivity contribution is 5.91. The number of carbonyl (C=O) groups is 2. The third-order valence-electron chi connectivity index (χ3n) is 6.85. The van der Waals surface area contributed by atoms with E-state index in [2.05, 4.69) is 38.9 Å². The van der Waals surface area contributed by atoms with Gasteiger partial charge in [-0.3, -0.25) is 14.5 Å². The zero-order valence-electron chi connectivity index (χ0n) is 17.2. The van der Waals surface area contributed by atoms with Gasteiger partial charge in [0.15, 0.2) is 6.39 Å². The van der Waals surface area contributed by atoms with Crippen molar-refractivity contribution in [3.8, 4) is 0 Å². The maximum absolute atomic E-state index is 13.5. The molecule has 0 bridgehead atoms. The summed E-state index contributed by atoms with van der Waals surface area (Å²) >= 11 is 0. The molecule has 4 heterocycles. The second kappa shape index (κ2) is 7.52. The minimum atomic E-state index is -0.336. The van der Waals surface area contributed by atoms with Crippen molar-refractivity contribution < 1.29 is 14.0 Å². The predicted octanol–water partition coefficient (Wildman–Crippen LogP) is 1.27. The number of hydrogen-bond acceptors (Lipinski definition) is 6. The molecule has 1 spiro atoms. The lowest BCUT2D eigenvalue weighted by Crippen LogP contribution is -2.63. The number of carbonyl (C=O) groups excluding carboxylic acids is 2. The SMILES string of the molecule is CN1CCN2[C@H](C1)C(=O)N(Cc1ccccc1)C21CCN(C(=O)c2cnco2)CC1. The zero-order valence-corrected chi connectivity index (χ0v) is 17.2. The number of piperidine rings is 1. The van der Waals surface area contributed by atoms with Gasteiger partial charge in [-0.1, -0.05) is 30.3 Å². The van der Waals surface area contributed by atoms with Crippen LogP contribution in [-0.2, 0) is 11.3 Å². The van der Waals surface area contributed by atoms with Gasteiger partial charge in [0.25, 0.3) is 5.91 Å². The molecule has 3 saturated heterocycles. The summed E-state index contributed by atoms with van der Waals surface area (Å²) in [4.78, 5) is 38.7. The Balaban J connectivity index is 1.41. The van der Waals surface area contributed by atoms with Gasteiger partial charge in [0.05, 0.1) is 6.20 Å². The molecule has 3 aliphatic heterocycles. The lowest BCUT2D eigenvalue weighted by atomic mass is 9.93. The maximum atomic E-state index is 13.5. The minimum absolute atomic E-state index is 0.107. The number of piperazine rings is 1. The Morgan fingerprint density at radius 3 is 2.63 bits per heavy atom. The summed E-state index contributed by atoms with van der Waals surface area (Å²) in [5.41, 5.74) is 0.801. The molecule has 8 nitrogen and oxygen atoms in total. The fourth-order valence-electron chi connectivity index (χ4n) is 5.26. The predicted molar refractivity (Wildman–Crippen MR) is 109 cm³/mol. The van der Waals surface area contributed by atoms with Crippen LogP contribution >= 0.6 is 0 Å². The molecule has 1 aromatic carbocycles. The first-order valence-corrected chi connectivity index (χ1v) is 10.6. The Kier molecular flexibility index (Phi) is 4.83. The maximum Gasteiger partial charge on any atom is 0.291 e. The van der Waals surface area contributed by atoms with E-state index in [1.54, 1.807) is 0 Å². The van der Waals surface area contributed by atoms with Gasteiger partial charge in [-0.2, -0.15) is 0 Å². The van der Waals surface area contributed by atoms with Crippen LogP contribution in [0.2, 0.25) is 0 Å². The Morgan fingerprint density at radius 1 is 1.17 bits per heavy atom. The van der Waals surface area contributed by atoms with Gasteiger partial charge >= 0.3 is 0 Å². The van der Waals surface area contributed by atoms with E-state index in [0.29, 0.717) is 19.6 Å². The number of rotatable bonds is 3. The topological polar surface area (TPSA) is 73.1 Å². The monoisotopic (exact) mass is 409 g/mol. The molecule has 0 aliphatic carbocycles. The van der Waals surface area contributed by atoms with E-state index in [-0.39, 0.29) is 29.3 Å². The van der Waals surface area contributed by atoms with Crippen LogP contribution in [-0.4, -0.2) is 87.9 Å². The van der Waals surface area contributed by atoms with Gasteiger partial charge in [0.1, 0.15) is 11.7 Å². The molecular weight excluding hydrogens is 382 g/mol. The van der Waals surface area contributed by atoms with Crippen molar-refractivity contribution in [2.45, 2.75) is 31.1 Å². The van der Waals surface area contributed by atoms with Crippen molar-refractivity contribution in [3.63, 3.8) is 0 Å². The molecule has 0 radical (unpaired) electrons. The summed E-state index contributed by atoms with van der Waals surface area (Å²) in [6.07, 6.45) is 4.23. The molecule has 5 rings (SSSR count). The van der Waals surface area contributed by atoms with Crippen molar-refractivity contribution in [1.82, 2.24) is 24.6 Å². The van der Waals surface area contributed by atoms with E-state index in [1.165, 1.54) is 12.6 Å². The zero-order chi connectivity index (χ0) is 20.7. The van der Waals surface area contributed by atoms with Crippen molar-refractivity contribution in [1.29, 1.82) is 0 Å². The number of benzene rings is 1. The van der Waals surface area contributed by atoms with E-state index in [1.807, 2.05) is 23.1 Å². The molecule has 0 N–H and O–H groups in total. The molecular formula is C22H27N5O3. The quantitative estimate of drug-likeness (QED) is 0.760. The van der Waals surface area contributed by atoms with Gasteiger partial charge in [0.2, 0.25) is 11.7 Å². The van der Waals surface area contributed by atoms with Crippen LogP contribution < -0.4 is 0 Å². The summed E-state index contributed by atoms with van der Waals surface area (Å²) in [6.45, 7) is 4.37.